The quantitative estimate of drug-likeness (QED) is 0.900. The fourth-order valence-corrected chi connectivity index (χ4v) is 2.02. The van der Waals surface area contributed by atoms with Gasteiger partial charge < -0.3 is 5.32 Å². The molecule has 2 aromatic rings. The van der Waals surface area contributed by atoms with Crippen molar-refractivity contribution in [1.82, 2.24) is 15.1 Å². The third kappa shape index (κ3) is 2.59. The Morgan fingerprint density at radius 1 is 1.33 bits per heavy atom. The first kappa shape index (κ1) is 12.8. The largest absolute Gasteiger partial charge is 0.313 e. The standard InChI is InChI=1S/C14H18FN3/c1-4-16-8-11-5-6-12(14(15)7-11)13-9-18(3)17-10(13)2/h5-7,9,16H,4,8H2,1-3H3. The molecule has 0 unspecified atom stereocenters. The Morgan fingerprint density at radius 3 is 2.67 bits per heavy atom. The van der Waals surface area contributed by atoms with Crippen LogP contribution in [-0.2, 0) is 13.6 Å². The zero-order valence-electron chi connectivity index (χ0n) is 11.0. The van der Waals surface area contributed by atoms with Crippen LogP contribution in [0.4, 0.5) is 4.39 Å². The van der Waals surface area contributed by atoms with E-state index in [1.54, 1.807) is 10.7 Å². The van der Waals surface area contributed by atoms with Crippen molar-refractivity contribution in [2.45, 2.75) is 20.4 Å². The molecule has 1 aromatic carbocycles. The van der Waals surface area contributed by atoms with E-state index in [0.29, 0.717) is 12.1 Å². The summed E-state index contributed by atoms with van der Waals surface area (Å²) in [5.74, 6) is -0.193. The van der Waals surface area contributed by atoms with Crippen LogP contribution in [0.15, 0.2) is 24.4 Å². The summed E-state index contributed by atoms with van der Waals surface area (Å²) in [5, 5.41) is 7.42. The normalized spacial score (nSPS) is 10.9. The number of aromatic nitrogens is 2. The first-order chi connectivity index (χ1) is 8.61. The van der Waals surface area contributed by atoms with Crippen LogP contribution in [0.2, 0.25) is 0 Å². The Bertz CT molecular complexity index is 546. The fourth-order valence-electron chi connectivity index (χ4n) is 2.02. The highest BCUT2D eigenvalue weighted by molar-refractivity contribution is 5.66. The zero-order valence-corrected chi connectivity index (χ0v) is 11.0. The smallest absolute Gasteiger partial charge is 0.131 e. The number of hydrogen-bond acceptors (Lipinski definition) is 2. The molecule has 0 amide bonds. The second-order valence-corrected chi connectivity index (χ2v) is 4.40. The van der Waals surface area contributed by atoms with Crippen molar-refractivity contribution in [2.75, 3.05) is 6.54 Å². The van der Waals surface area contributed by atoms with E-state index in [1.165, 1.54) is 0 Å². The molecule has 0 aliphatic heterocycles. The van der Waals surface area contributed by atoms with Gasteiger partial charge in [-0.1, -0.05) is 19.1 Å². The van der Waals surface area contributed by atoms with Gasteiger partial charge in [-0.2, -0.15) is 5.10 Å². The van der Waals surface area contributed by atoms with Crippen LogP contribution in [0.1, 0.15) is 18.2 Å². The van der Waals surface area contributed by atoms with Gasteiger partial charge in [-0.3, -0.25) is 4.68 Å². The van der Waals surface area contributed by atoms with Crippen LogP contribution in [0.3, 0.4) is 0 Å². The molecule has 1 N–H and O–H groups in total. The highest BCUT2D eigenvalue weighted by atomic mass is 19.1. The van der Waals surface area contributed by atoms with Crippen LogP contribution in [0.5, 0.6) is 0 Å². The topological polar surface area (TPSA) is 29.9 Å². The third-order valence-corrected chi connectivity index (χ3v) is 2.92. The summed E-state index contributed by atoms with van der Waals surface area (Å²) >= 11 is 0. The Balaban J connectivity index is 2.32. The Morgan fingerprint density at radius 2 is 2.11 bits per heavy atom. The SMILES string of the molecule is CCNCc1ccc(-c2cn(C)nc2C)c(F)c1. The zero-order chi connectivity index (χ0) is 13.1. The first-order valence-electron chi connectivity index (χ1n) is 6.11. The first-order valence-corrected chi connectivity index (χ1v) is 6.11. The molecule has 0 bridgehead atoms. The molecule has 3 nitrogen and oxygen atoms in total. The minimum atomic E-state index is -0.193. The maximum absolute atomic E-state index is 14.1. The van der Waals surface area contributed by atoms with Gasteiger partial charge in [-0.05, 0) is 25.1 Å². The minimum absolute atomic E-state index is 0.193. The van der Waals surface area contributed by atoms with Gasteiger partial charge >= 0.3 is 0 Å². The average Bonchev–Trinajstić information content (AvgIpc) is 2.66. The maximum atomic E-state index is 14.1. The molecule has 1 aromatic heterocycles. The van der Waals surface area contributed by atoms with Crippen LogP contribution in [0.25, 0.3) is 11.1 Å². The molecular weight excluding hydrogens is 229 g/mol. The van der Waals surface area contributed by atoms with E-state index < -0.39 is 0 Å². The van der Waals surface area contributed by atoms with Crippen molar-refractivity contribution in [1.29, 1.82) is 0 Å². The summed E-state index contributed by atoms with van der Waals surface area (Å²) < 4.78 is 15.8. The van der Waals surface area contributed by atoms with Crippen molar-refractivity contribution in [3.05, 3.63) is 41.5 Å². The van der Waals surface area contributed by atoms with Crippen LogP contribution < -0.4 is 5.32 Å². The molecule has 0 radical (unpaired) electrons. The molecule has 1 heterocycles. The predicted octanol–water partition coefficient (Wildman–Crippen LogP) is 2.64. The lowest BCUT2D eigenvalue weighted by molar-refractivity contribution is 0.625. The maximum Gasteiger partial charge on any atom is 0.131 e. The van der Waals surface area contributed by atoms with E-state index in [1.807, 2.05) is 39.2 Å². The Labute approximate surface area is 107 Å². The van der Waals surface area contributed by atoms with E-state index in [4.69, 9.17) is 0 Å². The summed E-state index contributed by atoms with van der Waals surface area (Å²) in [4.78, 5) is 0. The highest BCUT2D eigenvalue weighted by Gasteiger charge is 2.11. The molecule has 0 aliphatic rings. The summed E-state index contributed by atoms with van der Waals surface area (Å²) in [6.07, 6.45) is 1.84. The van der Waals surface area contributed by atoms with Crippen molar-refractivity contribution in [3.63, 3.8) is 0 Å². The molecule has 0 saturated carbocycles. The lowest BCUT2D eigenvalue weighted by Gasteiger charge is -2.06. The van der Waals surface area contributed by atoms with Crippen molar-refractivity contribution < 1.29 is 4.39 Å². The number of nitrogens with one attached hydrogen (secondary N) is 1. The van der Waals surface area contributed by atoms with Gasteiger partial charge in [0.2, 0.25) is 0 Å². The summed E-state index contributed by atoms with van der Waals surface area (Å²) in [6.45, 7) is 5.50. The van der Waals surface area contributed by atoms with E-state index in [-0.39, 0.29) is 5.82 Å². The van der Waals surface area contributed by atoms with Gasteiger partial charge in [0, 0.05) is 30.9 Å². The van der Waals surface area contributed by atoms with E-state index in [9.17, 15) is 4.39 Å². The van der Waals surface area contributed by atoms with E-state index in [2.05, 4.69) is 10.4 Å². The van der Waals surface area contributed by atoms with E-state index in [0.717, 1.165) is 23.4 Å². The van der Waals surface area contributed by atoms with Gasteiger partial charge in [0.15, 0.2) is 0 Å². The van der Waals surface area contributed by atoms with Crippen molar-refractivity contribution in [2.24, 2.45) is 7.05 Å². The lowest BCUT2D eigenvalue weighted by Crippen LogP contribution is -2.11. The second kappa shape index (κ2) is 5.31. The van der Waals surface area contributed by atoms with Gasteiger partial charge in [0.05, 0.1) is 5.69 Å². The number of aryl methyl sites for hydroxylation is 2. The van der Waals surface area contributed by atoms with E-state index >= 15 is 0 Å². The van der Waals surface area contributed by atoms with Crippen molar-refractivity contribution >= 4 is 0 Å². The number of rotatable bonds is 4. The van der Waals surface area contributed by atoms with Gasteiger partial charge in [0.25, 0.3) is 0 Å². The average molecular weight is 247 g/mol. The number of benzene rings is 1. The van der Waals surface area contributed by atoms with Crippen LogP contribution >= 0.6 is 0 Å². The Hall–Kier alpha value is -1.68. The summed E-state index contributed by atoms with van der Waals surface area (Å²) in [6, 6.07) is 5.37. The molecule has 0 atom stereocenters. The van der Waals surface area contributed by atoms with Crippen molar-refractivity contribution in [3.8, 4) is 11.1 Å². The number of hydrogen-bond donors (Lipinski definition) is 1. The molecule has 0 fully saturated rings. The molecule has 18 heavy (non-hydrogen) atoms. The third-order valence-electron chi connectivity index (χ3n) is 2.92. The number of halogens is 1. The molecule has 4 heteroatoms. The fraction of sp³-hybridized carbons (Fsp3) is 0.357. The summed E-state index contributed by atoms with van der Waals surface area (Å²) in [7, 11) is 1.84. The molecule has 0 aliphatic carbocycles. The molecule has 2 rings (SSSR count). The highest BCUT2D eigenvalue weighted by Crippen LogP contribution is 2.25. The minimum Gasteiger partial charge on any atom is -0.313 e. The molecule has 0 saturated heterocycles. The second-order valence-electron chi connectivity index (χ2n) is 4.40. The molecule has 96 valence electrons. The lowest BCUT2D eigenvalue weighted by atomic mass is 10.0. The van der Waals surface area contributed by atoms with Crippen LogP contribution in [-0.4, -0.2) is 16.3 Å². The number of nitrogens with zero attached hydrogens (tertiary/aromatic N) is 2. The van der Waals surface area contributed by atoms with Gasteiger partial charge in [-0.25, -0.2) is 4.39 Å². The van der Waals surface area contributed by atoms with Gasteiger partial charge in [0.1, 0.15) is 5.82 Å². The van der Waals surface area contributed by atoms with Gasteiger partial charge in [-0.15, -0.1) is 0 Å². The Kier molecular flexibility index (Phi) is 3.77. The summed E-state index contributed by atoms with van der Waals surface area (Å²) in [5.41, 5.74) is 3.27. The monoisotopic (exact) mass is 247 g/mol. The molecular formula is C14H18FN3. The predicted molar refractivity (Wildman–Crippen MR) is 70.7 cm³/mol. The van der Waals surface area contributed by atoms with Crippen LogP contribution in [0, 0.1) is 12.7 Å². The molecule has 0 spiro atoms.